The highest BCUT2D eigenvalue weighted by Crippen LogP contribution is 2.32. The lowest BCUT2D eigenvalue weighted by molar-refractivity contribution is -0.0547. The summed E-state index contributed by atoms with van der Waals surface area (Å²) in [5, 5.41) is 18.1. The second-order valence-corrected chi connectivity index (χ2v) is 3.84. The van der Waals surface area contributed by atoms with Crippen molar-refractivity contribution in [3.63, 3.8) is 0 Å². The molecule has 1 atom stereocenters. The molecule has 15 heavy (non-hydrogen) atoms. The van der Waals surface area contributed by atoms with Gasteiger partial charge in [-0.25, -0.2) is 9.59 Å². The summed E-state index contributed by atoms with van der Waals surface area (Å²) in [7, 11) is 0. The highest BCUT2D eigenvalue weighted by molar-refractivity contribution is 9.10. The number of aromatic carboxylic acids is 1. The number of carbonyl (C=O) groups excluding carboxylic acids is 1. The highest BCUT2D eigenvalue weighted by atomic mass is 79.9. The molecule has 78 valence electrons. The molecule has 0 saturated carbocycles. The van der Waals surface area contributed by atoms with Crippen LogP contribution in [-0.2, 0) is 4.74 Å². The van der Waals surface area contributed by atoms with Crippen LogP contribution in [0, 0.1) is 0 Å². The normalized spacial score (nSPS) is 18.5. The van der Waals surface area contributed by atoms with Gasteiger partial charge in [-0.3, -0.25) is 0 Å². The number of carbonyl (C=O) groups is 2. The third-order valence-corrected chi connectivity index (χ3v) is 2.73. The second kappa shape index (κ2) is 3.32. The fraction of sp³-hybridized carbons (Fsp3) is 0.111. The van der Waals surface area contributed by atoms with Gasteiger partial charge < -0.3 is 14.9 Å². The lowest BCUT2D eigenvalue weighted by atomic mass is 10.1. The lowest BCUT2D eigenvalue weighted by Gasteiger charge is -2.03. The number of aliphatic hydroxyl groups is 1. The van der Waals surface area contributed by atoms with E-state index >= 15 is 0 Å². The molecule has 6 heteroatoms. The van der Waals surface area contributed by atoms with Crippen LogP contribution in [0.2, 0.25) is 0 Å². The summed E-state index contributed by atoms with van der Waals surface area (Å²) < 4.78 is 4.80. The van der Waals surface area contributed by atoms with Gasteiger partial charge in [-0.05, 0) is 28.1 Å². The Bertz CT molecular complexity index is 468. The predicted octanol–water partition coefficient (Wildman–Crippen LogP) is 1.31. The number of esters is 1. The van der Waals surface area contributed by atoms with E-state index in [1.165, 1.54) is 12.1 Å². The summed E-state index contributed by atoms with van der Waals surface area (Å²) in [5.41, 5.74) is 0.339. The molecule has 0 radical (unpaired) electrons. The summed E-state index contributed by atoms with van der Waals surface area (Å²) in [6, 6.07) is 2.55. The van der Waals surface area contributed by atoms with E-state index in [0.717, 1.165) is 0 Å². The fourth-order valence-corrected chi connectivity index (χ4v) is 1.88. The van der Waals surface area contributed by atoms with Gasteiger partial charge in [0, 0.05) is 10.0 Å². The predicted molar refractivity (Wildman–Crippen MR) is 51.5 cm³/mol. The number of aliphatic hydroxyl groups excluding tert-OH is 1. The largest absolute Gasteiger partial charge is 0.478 e. The number of carboxylic acids is 1. The molecule has 0 spiro atoms. The Labute approximate surface area is 92.4 Å². The molecular formula is C9H5BrO5. The first-order valence-electron chi connectivity index (χ1n) is 3.96. The SMILES string of the molecule is O=C(O)c1cc2c(cc1Br)C(=O)OC2O. The van der Waals surface area contributed by atoms with Crippen LogP contribution < -0.4 is 0 Å². The van der Waals surface area contributed by atoms with Crippen LogP contribution in [0.4, 0.5) is 0 Å². The lowest BCUT2D eigenvalue weighted by Crippen LogP contribution is -2.01. The molecule has 0 saturated heterocycles. The van der Waals surface area contributed by atoms with Crippen molar-refractivity contribution in [2.45, 2.75) is 6.29 Å². The van der Waals surface area contributed by atoms with Crippen molar-refractivity contribution in [2.75, 3.05) is 0 Å². The monoisotopic (exact) mass is 272 g/mol. The van der Waals surface area contributed by atoms with Crippen molar-refractivity contribution >= 4 is 27.9 Å². The number of benzene rings is 1. The first-order chi connectivity index (χ1) is 7.00. The van der Waals surface area contributed by atoms with E-state index in [2.05, 4.69) is 20.7 Å². The minimum atomic E-state index is -1.38. The zero-order chi connectivity index (χ0) is 11.2. The third kappa shape index (κ3) is 1.51. The average Bonchev–Trinajstić information content (AvgIpc) is 2.41. The molecule has 1 aliphatic heterocycles. The van der Waals surface area contributed by atoms with Gasteiger partial charge in [0.15, 0.2) is 0 Å². The van der Waals surface area contributed by atoms with Gasteiger partial charge in [0.1, 0.15) is 0 Å². The van der Waals surface area contributed by atoms with Gasteiger partial charge in [0.25, 0.3) is 0 Å². The standard InChI is InChI=1S/C9H5BrO5/c10-6-2-4-3(1-5(6)7(11)12)8(13)15-9(4)14/h1-2,8,13H,(H,11,12). The summed E-state index contributed by atoms with van der Waals surface area (Å²) in [4.78, 5) is 21.9. The smallest absolute Gasteiger partial charge is 0.341 e. The number of fused-ring (bicyclic) bond motifs is 1. The van der Waals surface area contributed by atoms with Crippen molar-refractivity contribution in [2.24, 2.45) is 0 Å². The zero-order valence-corrected chi connectivity index (χ0v) is 8.82. The van der Waals surface area contributed by atoms with E-state index in [0.29, 0.717) is 0 Å². The van der Waals surface area contributed by atoms with Crippen molar-refractivity contribution in [1.29, 1.82) is 0 Å². The molecule has 0 amide bonds. The van der Waals surface area contributed by atoms with Crippen LogP contribution in [-0.4, -0.2) is 22.2 Å². The van der Waals surface area contributed by atoms with Crippen molar-refractivity contribution in [3.05, 3.63) is 33.3 Å². The van der Waals surface area contributed by atoms with Crippen LogP contribution in [0.25, 0.3) is 0 Å². The quantitative estimate of drug-likeness (QED) is 0.753. The Balaban J connectivity index is 2.64. The Hall–Kier alpha value is -1.40. The molecule has 0 bridgehead atoms. The van der Waals surface area contributed by atoms with E-state index in [1.54, 1.807) is 0 Å². The number of hydrogen-bond donors (Lipinski definition) is 2. The summed E-state index contributed by atoms with van der Waals surface area (Å²) in [6.45, 7) is 0. The van der Waals surface area contributed by atoms with Crippen molar-refractivity contribution in [1.82, 2.24) is 0 Å². The summed E-state index contributed by atoms with van der Waals surface area (Å²) >= 11 is 3.03. The Morgan fingerprint density at radius 2 is 2.13 bits per heavy atom. The van der Waals surface area contributed by atoms with Crippen LogP contribution in [0.5, 0.6) is 0 Å². The van der Waals surface area contributed by atoms with Gasteiger partial charge in [-0.15, -0.1) is 0 Å². The number of ether oxygens (including phenoxy) is 1. The van der Waals surface area contributed by atoms with E-state index in [-0.39, 0.29) is 21.2 Å². The van der Waals surface area contributed by atoms with Crippen molar-refractivity contribution < 1.29 is 24.5 Å². The van der Waals surface area contributed by atoms with E-state index in [1.807, 2.05) is 0 Å². The number of carboxylic acid groups (broad SMARTS) is 1. The molecular weight excluding hydrogens is 268 g/mol. The van der Waals surface area contributed by atoms with Crippen LogP contribution in [0.15, 0.2) is 16.6 Å². The van der Waals surface area contributed by atoms with Gasteiger partial charge in [-0.1, -0.05) is 0 Å². The maximum Gasteiger partial charge on any atom is 0.341 e. The number of halogens is 1. The Kier molecular flexibility index (Phi) is 2.24. The molecule has 1 aromatic rings. The molecule has 2 N–H and O–H groups in total. The van der Waals surface area contributed by atoms with E-state index < -0.39 is 18.2 Å². The molecule has 0 aliphatic carbocycles. The van der Waals surface area contributed by atoms with Gasteiger partial charge in [-0.2, -0.15) is 0 Å². The van der Waals surface area contributed by atoms with Gasteiger partial charge >= 0.3 is 11.9 Å². The van der Waals surface area contributed by atoms with Crippen molar-refractivity contribution in [3.8, 4) is 0 Å². The molecule has 0 fully saturated rings. The van der Waals surface area contributed by atoms with Gasteiger partial charge in [0.2, 0.25) is 6.29 Å². The van der Waals surface area contributed by atoms with Crippen LogP contribution in [0.3, 0.4) is 0 Å². The van der Waals surface area contributed by atoms with Gasteiger partial charge in [0.05, 0.1) is 11.1 Å². The van der Waals surface area contributed by atoms with Crippen LogP contribution >= 0.6 is 15.9 Å². The summed E-state index contributed by atoms with van der Waals surface area (Å²) in [6.07, 6.45) is -1.38. The molecule has 1 aromatic carbocycles. The zero-order valence-electron chi connectivity index (χ0n) is 7.23. The fourth-order valence-electron chi connectivity index (χ4n) is 1.36. The van der Waals surface area contributed by atoms with E-state index in [4.69, 9.17) is 5.11 Å². The first kappa shape index (κ1) is 10.1. The molecule has 1 heterocycles. The third-order valence-electron chi connectivity index (χ3n) is 2.07. The number of cyclic esters (lactones) is 1. The number of rotatable bonds is 1. The number of hydrogen-bond acceptors (Lipinski definition) is 4. The minimum absolute atomic E-state index is 0.0221. The summed E-state index contributed by atoms with van der Waals surface area (Å²) in [5.74, 6) is -1.80. The topological polar surface area (TPSA) is 83.8 Å². The Morgan fingerprint density at radius 1 is 1.47 bits per heavy atom. The maximum atomic E-state index is 11.2. The average molecular weight is 273 g/mol. The van der Waals surface area contributed by atoms with E-state index in [9.17, 15) is 14.7 Å². The Morgan fingerprint density at radius 3 is 2.73 bits per heavy atom. The molecule has 2 rings (SSSR count). The molecule has 5 nitrogen and oxygen atoms in total. The first-order valence-corrected chi connectivity index (χ1v) is 4.76. The molecule has 1 aliphatic rings. The maximum absolute atomic E-state index is 11.2. The molecule has 0 aromatic heterocycles. The van der Waals surface area contributed by atoms with Crippen LogP contribution in [0.1, 0.15) is 32.6 Å². The highest BCUT2D eigenvalue weighted by Gasteiger charge is 2.31. The molecule has 1 unspecified atom stereocenters. The second-order valence-electron chi connectivity index (χ2n) is 2.98. The minimum Gasteiger partial charge on any atom is -0.478 e.